The van der Waals surface area contributed by atoms with E-state index in [0.29, 0.717) is 10.0 Å². The molecule has 0 aliphatic rings. The number of halogens is 2. The van der Waals surface area contributed by atoms with Crippen molar-refractivity contribution in [2.24, 2.45) is 5.73 Å². The lowest BCUT2D eigenvalue weighted by molar-refractivity contribution is 0.105. The highest BCUT2D eigenvalue weighted by Gasteiger charge is 2.35. The van der Waals surface area contributed by atoms with Crippen molar-refractivity contribution in [3.8, 4) is 0 Å². The number of nitrogens with two attached hydrogens (primary N) is 1. The molecule has 2 nitrogen and oxygen atoms in total. The highest BCUT2D eigenvalue weighted by atomic mass is 35.5. The first-order valence-corrected chi connectivity index (χ1v) is 7.50. The summed E-state index contributed by atoms with van der Waals surface area (Å²) >= 11 is 12.3. The molecule has 1 rings (SSSR count). The van der Waals surface area contributed by atoms with E-state index in [4.69, 9.17) is 28.9 Å². The zero-order chi connectivity index (χ0) is 14.6. The van der Waals surface area contributed by atoms with Crippen LogP contribution in [0.5, 0.6) is 0 Å². The van der Waals surface area contributed by atoms with Gasteiger partial charge in [-0.05, 0) is 45.0 Å². The molecular weight excluding hydrogens is 279 g/mol. The maximum atomic E-state index is 6.48. The molecule has 0 radical (unpaired) electrons. The summed E-state index contributed by atoms with van der Waals surface area (Å²) < 4.78 is 0. The maximum Gasteiger partial charge on any atom is 0.0624 e. The molecule has 0 fully saturated rings. The molecule has 0 aliphatic heterocycles. The number of rotatable bonds is 6. The van der Waals surface area contributed by atoms with Crippen LogP contribution in [0.3, 0.4) is 0 Å². The summed E-state index contributed by atoms with van der Waals surface area (Å²) in [5.74, 6) is 0. The van der Waals surface area contributed by atoms with E-state index in [0.717, 1.165) is 24.8 Å². The molecule has 0 heterocycles. The Morgan fingerprint density at radius 1 is 1.21 bits per heavy atom. The molecule has 0 aliphatic carbocycles. The maximum absolute atomic E-state index is 6.48. The van der Waals surface area contributed by atoms with E-state index in [1.54, 1.807) is 6.07 Å². The monoisotopic (exact) mass is 302 g/mol. The van der Waals surface area contributed by atoms with Crippen molar-refractivity contribution in [2.75, 3.05) is 14.1 Å². The van der Waals surface area contributed by atoms with Gasteiger partial charge in [-0.2, -0.15) is 0 Å². The van der Waals surface area contributed by atoms with Gasteiger partial charge in [-0.25, -0.2) is 0 Å². The van der Waals surface area contributed by atoms with Crippen molar-refractivity contribution in [2.45, 2.75) is 44.7 Å². The lowest BCUT2D eigenvalue weighted by atomic mass is 9.81. The van der Waals surface area contributed by atoms with E-state index in [9.17, 15) is 0 Å². The Bertz CT molecular complexity index is 415. The van der Waals surface area contributed by atoms with Gasteiger partial charge in [0.05, 0.1) is 10.0 Å². The van der Waals surface area contributed by atoms with Crippen LogP contribution < -0.4 is 5.73 Å². The Labute approximate surface area is 126 Å². The number of likely N-dealkylation sites (N-methyl/N-ethyl adjacent to an activating group) is 1. The van der Waals surface area contributed by atoms with Gasteiger partial charge in [0.15, 0.2) is 0 Å². The Kier molecular flexibility index (Phi) is 6.13. The number of benzene rings is 1. The second-order valence-corrected chi connectivity index (χ2v) is 6.01. The van der Waals surface area contributed by atoms with Crippen molar-refractivity contribution in [1.82, 2.24) is 4.90 Å². The summed E-state index contributed by atoms with van der Waals surface area (Å²) in [7, 11) is 4.18. The van der Waals surface area contributed by atoms with Crippen molar-refractivity contribution < 1.29 is 0 Å². The fraction of sp³-hybridized carbons (Fsp3) is 0.600. The summed E-state index contributed by atoms with van der Waals surface area (Å²) in [4.78, 5) is 2.23. The first-order valence-electron chi connectivity index (χ1n) is 6.75. The molecule has 0 bridgehead atoms. The average molecular weight is 303 g/mol. The van der Waals surface area contributed by atoms with Gasteiger partial charge in [0, 0.05) is 11.6 Å². The van der Waals surface area contributed by atoms with Crippen molar-refractivity contribution in [3.63, 3.8) is 0 Å². The minimum absolute atomic E-state index is 0.00829. The van der Waals surface area contributed by atoms with Gasteiger partial charge in [0.1, 0.15) is 0 Å². The van der Waals surface area contributed by atoms with Crippen LogP contribution in [0.1, 0.15) is 32.3 Å². The van der Waals surface area contributed by atoms with Gasteiger partial charge >= 0.3 is 0 Å². The zero-order valence-corrected chi connectivity index (χ0v) is 13.7. The predicted molar refractivity (Wildman–Crippen MR) is 85.1 cm³/mol. The lowest BCUT2D eigenvalue weighted by Gasteiger charge is -2.43. The summed E-state index contributed by atoms with van der Waals surface area (Å²) in [6, 6.07) is 5.75. The first-order chi connectivity index (χ1) is 8.89. The van der Waals surface area contributed by atoms with Crippen LogP contribution >= 0.6 is 23.2 Å². The molecule has 1 aromatic carbocycles. The molecule has 0 saturated carbocycles. The molecule has 2 N–H and O–H groups in total. The third-order valence-corrected chi connectivity index (χ3v) is 5.13. The molecule has 1 aromatic rings. The number of nitrogens with zero attached hydrogens (tertiary/aromatic N) is 1. The van der Waals surface area contributed by atoms with E-state index < -0.39 is 0 Å². The number of hydrogen-bond donors (Lipinski definition) is 1. The van der Waals surface area contributed by atoms with Crippen molar-refractivity contribution in [1.29, 1.82) is 0 Å². The second kappa shape index (κ2) is 6.94. The highest BCUT2D eigenvalue weighted by molar-refractivity contribution is 6.42. The average Bonchev–Trinajstić information content (AvgIpc) is 2.36. The van der Waals surface area contributed by atoms with Crippen LogP contribution in [0.4, 0.5) is 0 Å². The predicted octanol–water partition coefficient (Wildman–Crippen LogP) is 3.98. The third kappa shape index (κ3) is 3.43. The van der Waals surface area contributed by atoms with E-state index >= 15 is 0 Å². The van der Waals surface area contributed by atoms with Crippen molar-refractivity contribution in [3.05, 3.63) is 33.8 Å². The SMILES string of the molecule is CCC(CC)(C(N)Cc1cccc(Cl)c1Cl)N(C)C. The van der Waals surface area contributed by atoms with Gasteiger partial charge in [-0.1, -0.05) is 49.2 Å². The van der Waals surface area contributed by atoms with Crippen LogP contribution in [0.2, 0.25) is 10.0 Å². The fourth-order valence-electron chi connectivity index (χ4n) is 2.87. The Hall–Kier alpha value is -0.280. The summed E-state index contributed by atoms with van der Waals surface area (Å²) in [6.07, 6.45) is 2.75. The standard InChI is InChI=1S/C15H24Cl2N2/c1-5-15(6-2,19(3)4)13(18)10-11-8-7-9-12(16)14(11)17/h7-9,13H,5-6,10,18H2,1-4H3. The van der Waals surface area contributed by atoms with Gasteiger partial charge in [-0.15, -0.1) is 0 Å². The molecule has 0 amide bonds. The molecule has 0 spiro atoms. The van der Waals surface area contributed by atoms with Crippen LogP contribution in [0.15, 0.2) is 18.2 Å². The molecule has 0 aromatic heterocycles. The molecule has 0 saturated heterocycles. The van der Waals surface area contributed by atoms with E-state index in [2.05, 4.69) is 32.8 Å². The van der Waals surface area contributed by atoms with Gasteiger partial charge in [0.2, 0.25) is 0 Å². The topological polar surface area (TPSA) is 29.3 Å². The smallest absolute Gasteiger partial charge is 0.0624 e. The summed E-state index contributed by atoms with van der Waals surface area (Å²) in [5.41, 5.74) is 7.50. The Morgan fingerprint density at radius 2 is 1.79 bits per heavy atom. The fourth-order valence-corrected chi connectivity index (χ4v) is 3.27. The van der Waals surface area contributed by atoms with E-state index in [-0.39, 0.29) is 11.6 Å². The third-order valence-electron chi connectivity index (χ3n) is 4.28. The molecule has 1 atom stereocenters. The Morgan fingerprint density at radius 3 is 2.26 bits per heavy atom. The molecule has 108 valence electrons. The summed E-state index contributed by atoms with van der Waals surface area (Å²) in [5, 5.41) is 1.22. The minimum atomic E-state index is -0.00829. The first kappa shape index (κ1) is 16.8. The minimum Gasteiger partial charge on any atom is -0.326 e. The van der Waals surface area contributed by atoms with Crippen molar-refractivity contribution >= 4 is 23.2 Å². The zero-order valence-electron chi connectivity index (χ0n) is 12.2. The van der Waals surface area contributed by atoms with Crippen LogP contribution in [0, 0.1) is 0 Å². The molecular formula is C15H24Cl2N2. The van der Waals surface area contributed by atoms with Gasteiger partial charge in [-0.3, -0.25) is 0 Å². The Balaban J connectivity index is 3.00. The van der Waals surface area contributed by atoms with E-state index in [1.807, 2.05) is 12.1 Å². The van der Waals surface area contributed by atoms with Crippen LogP contribution in [-0.4, -0.2) is 30.6 Å². The van der Waals surface area contributed by atoms with Gasteiger partial charge < -0.3 is 10.6 Å². The second-order valence-electron chi connectivity index (χ2n) is 5.23. The molecule has 19 heavy (non-hydrogen) atoms. The van der Waals surface area contributed by atoms with Crippen LogP contribution in [0.25, 0.3) is 0 Å². The largest absolute Gasteiger partial charge is 0.326 e. The molecule has 4 heteroatoms. The highest BCUT2D eigenvalue weighted by Crippen LogP contribution is 2.31. The van der Waals surface area contributed by atoms with E-state index in [1.165, 1.54) is 0 Å². The summed E-state index contributed by atoms with van der Waals surface area (Å²) in [6.45, 7) is 4.37. The lowest BCUT2D eigenvalue weighted by Crippen LogP contribution is -2.57. The number of hydrogen-bond acceptors (Lipinski definition) is 2. The quantitative estimate of drug-likeness (QED) is 0.861. The molecule has 1 unspecified atom stereocenters. The van der Waals surface area contributed by atoms with Crippen LogP contribution in [-0.2, 0) is 6.42 Å². The normalized spacial score (nSPS) is 13.9. The van der Waals surface area contributed by atoms with Gasteiger partial charge in [0.25, 0.3) is 0 Å².